The molecule has 4 heteroatoms. The van der Waals surface area contributed by atoms with E-state index < -0.39 is 6.42 Å². The van der Waals surface area contributed by atoms with Gasteiger partial charge in [0, 0.05) is 23.4 Å². The van der Waals surface area contributed by atoms with E-state index in [1.807, 2.05) is 41.0 Å². The molecule has 102 valence electrons. The first-order chi connectivity index (χ1) is 10.2. The van der Waals surface area contributed by atoms with Crippen LogP contribution in [0.5, 0.6) is 0 Å². The van der Waals surface area contributed by atoms with Crippen LogP contribution in [0.3, 0.4) is 0 Å². The summed E-state index contributed by atoms with van der Waals surface area (Å²) in [5.74, 6) is 2.51. The van der Waals surface area contributed by atoms with Gasteiger partial charge in [-0.1, -0.05) is 44.0 Å². The van der Waals surface area contributed by atoms with Crippen molar-refractivity contribution < 1.29 is 4.48 Å². The lowest BCUT2D eigenvalue weighted by Crippen LogP contribution is -2.69. The fourth-order valence-electron chi connectivity index (χ4n) is 3.68. The molecule has 2 heterocycles. The zero-order valence-corrected chi connectivity index (χ0v) is 12.2. The molecular weight excluding hydrogens is 257 g/mol. The lowest BCUT2D eigenvalue weighted by molar-refractivity contribution is -0.534. The molecule has 0 amide bonds. The van der Waals surface area contributed by atoms with Crippen LogP contribution in [0, 0.1) is 23.7 Å². The molecule has 3 rings (SSSR count). The van der Waals surface area contributed by atoms with Crippen molar-refractivity contribution in [1.82, 2.24) is 0 Å². The van der Waals surface area contributed by atoms with Gasteiger partial charge in [0.2, 0.25) is 0 Å². The summed E-state index contributed by atoms with van der Waals surface area (Å²) in [6, 6.07) is 14.0. The van der Waals surface area contributed by atoms with Crippen LogP contribution in [-0.4, -0.2) is 6.42 Å². The maximum Gasteiger partial charge on any atom is 0.715 e. The second-order valence-corrected chi connectivity index (χ2v) is 5.95. The van der Waals surface area contributed by atoms with Crippen molar-refractivity contribution in [2.24, 2.45) is 5.92 Å². The SMILES string of the molecule is [C-]#[N+][B@@-]1(C#N)[C@@H](C(C)C)c2ccccc2-c2cccc[n+]21. The topological polar surface area (TPSA) is 32.0 Å². The number of hydrogen-bond donors (Lipinski definition) is 0. The van der Waals surface area contributed by atoms with Crippen molar-refractivity contribution >= 4 is 6.42 Å². The van der Waals surface area contributed by atoms with E-state index in [-0.39, 0.29) is 11.7 Å². The minimum absolute atomic E-state index is 0.0800. The minimum atomic E-state index is -2.01. The highest BCUT2D eigenvalue weighted by atomic mass is 15.0. The molecule has 1 aromatic carbocycles. The number of nitriles is 1. The standard InChI is InChI=1S/C17H16BN3/c1-13(2)17-15-9-5-4-8-14(15)16-10-6-7-11-21(16)18(17,12-19)20-3/h4-11,13,17H,1-2H3/t17-,18+/m0/s1. The van der Waals surface area contributed by atoms with E-state index in [0.717, 1.165) is 16.8 Å². The Balaban J connectivity index is 2.44. The Morgan fingerprint density at radius 3 is 2.62 bits per heavy atom. The Labute approximate surface area is 125 Å². The molecule has 0 unspecified atom stereocenters. The van der Waals surface area contributed by atoms with Crippen molar-refractivity contribution in [1.29, 1.82) is 5.26 Å². The molecule has 1 aliphatic heterocycles. The third-order valence-electron chi connectivity index (χ3n) is 4.52. The predicted molar refractivity (Wildman–Crippen MR) is 83.0 cm³/mol. The Morgan fingerprint density at radius 1 is 1.24 bits per heavy atom. The van der Waals surface area contributed by atoms with E-state index in [4.69, 9.17) is 6.57 Å². The summed E-state index contributed by atoms with van der Waals surface area (Å²) >= 11 is 0. The molecular formula is C17H16BN3. The number of fused-ring (bicyclic) bond motifs is 3. The Hall–Kier alpha value is -2.59. The van der Waals surface area contributed by atoms with Gasteiger partial charge in [0.05, 0.1) is 0 Å². The van der Waals surface area contributed by atoms with Gasteiger partial charge in [-0.25, -0.2) is 5.26 Å². The summed E-state index contributed by atoms with van der Waals surface area (Å²) in [6.07, 6.45) is -0.130. The molecule has 2 aromatic rings. The largest absolute Gasteiger partial charge is 0.715 e. The quantitative estimate of drug-likeness (QED) is 0.580. The number of pyridine rings is 1. The van der Waals surface area contributed by atoms with Crippen LogP contribution in [0.15, 0.2) is 48.7 Å². The zero-order valence-electron chi connectivity index (χ0n) is 12.2. The summed E-state index contributed by atoms with van der Waals surface area (Å²) in [7, 11) is 0. The molecule has 2 atom stereocenters. The molecule has 0 spiro atoms. The lowest BCUT2D eigenvalue weighted by Gasteiger charge is -2.34. The number of hydrogen-bond acceptors (Lipinski definition) is 1. The Morgan fingerprint density at radius 2 is 1.95 bits per heavy atom. The molecule has 0 fully saturated rings. The minimum Gasteiger partial charge on any atom is -0.492 e. The van der Waals surface area contributed by atoms with E-state index in [1.54, 1.807) is 0 Å². The first-order valence-corrected chi connectivity index (χ1v) is 7.21. The normalized spacial score (nSPS) is 22.8. The van der Waals surface area contributed by atoms with Gasteiger partial charge in [-0.3, -0.25) is 0 Å². The number of nitrogens with zero attached hydrogens (tertiary/aromatic N) is 3. The van der Waals surface area contributed by atoms with Crippen LogP contribution in [0.25, 0.3) is 16.0 Å². The predicted octanol–water partition coefficient (Wildman–Crippen LogP) is 3.21. The number of rotatable bonds is 1. The number of benzene rings is 1. The second-order valence-electron chi connectivity index (χ2n) is 5.95. The molecule has 0 saturated carbocycles. The summed E-state index contributed by atoms with van der Waals surface area (Å²) in [5, 5.41) is 9.88. The van der Waals surface area contributed by atoms with Gasteiger partial charge in [-0.05, 0) is 17.7 Å². The molecule has 0 N–H and O–H groups in total. The smallest absolute Gasteiger partial charge is 0.492 e. The Kier molecular flexibility index (Phi) is 3.03. The maximum atomic E-state index is 9.88. The highest BCUT2D eigenvalue weighted by Crippen LogP contribution is 2.41. The maximum absolute atomic E-state index is 9.88. The van der Waals surface area contributed by atoms with E-state index in [9.17, 15) is 5.26 Å². The Bertz CT molecular complexity index is 769. The van der Waals surface area contributed by atoms with Crippen molar-refractivity contribution in [3.8, 4) is 17.2 Å². The van der Waals surface area contributed by atoms with Gasteiger partial charge in [-0.15, -0.1) is 0 Å². The van der Waals surface area contributed by atoms with Gasteiger partial charge >= 0.3 is 6.42 Å². The average molecular weight is 273 g/mol. The molecule has 0 saturated heterocycles. The van der Waals surface area contributed by atoms with Crippen LogP contribution in [0.2, 0.25) is 0 Å². The molecule has 3 nitrogen and oxygen atoms in total. The van der Waals surface area contributed by atoms with Crippen LogP contribution >= 0.6 is 0 Å². The van der Waals surface area contributed by atoms with Crippen molar-refractivity contribution in [2.75, 3.05) is 0 Å². The van der Waals surface area contributed by atoms with Gasteiger partial charge in [0.25, 0.3) is 0 Å². The molecule has 1 aliphatic rings. The second kappa shape index (κ2) is 4.75. The summed E-state index contributed by atoms with van der Waals surface area (Å²) in [4.78, 5) is 0. The van der Waals surface area contributed by atoms with Crippen LogP contribution < -0.4 is 4.48 Å². The van der Waals surface area contributed by atoms with Gasteiger partial charge in [-0.2, -0.15) is 0 Å². The third kappa shape index (κ3) is 1.69. The number of aromatic nitrogens is 1. The fraction of sp³-hybridized carbons (Fsp3) is 0.235. The average Bonchev–Trinajstić information content (AvgIpc) is 2.53. The van der Waals surface area contributed by atoms with E-state index in [0.29, 0.717) is 0 Å². The summed E-state index contributed by atoms with van der Waals surface area (Å²) in [5.41, 5.74) is 3.21. The summed E-state index contributed by atoms with van der Waals surface area (Å²) < 4.78 is 5.76. The van der Waals surface area contributed by atoms with Crippen molar-refractivity contribution in [3.05, 3.63) is 65.6 Å². The third-order valence-corrected chi connectivity index (χ3v) is 4.52. The van der Waals surface area contributed by atoms with Crippen molar-refractivity contribution in [3.63, 3.8) is 0 Å². The first kappa shape index (κ1) is 13.4. The monoisotopic (exact) mass is 273 g/mol. The molecule has 0 radical (unpaired) electrons. The van der Waals surface area contributed by atoms with Crippen LogP contribution in [0.1, 0.15) is 25.2 Å². The van der Waals surface area contributed by atoms with Crippen molar-refractivity contribution in [2.45, 2.75) is 19.7 Å². The zero-order chi connectivity index (χ0) is 15.0. The van der Waals surface area contributed by atoms with Crippen LogP contribution in [-0.2, 0) is 0 Å². The molecule has 0 bridgehead atoms. The van der Waals surface area contributed by atoms with E-state index in [1.165, 1.54) is 0 Å². The summed E-state index contributed by atoms with van der Waals surface area (Å²) in [6.45, 7) is 11.9. The van der Waals surface area contributed by atoms with Crippen LogP contribution in [0.4, 0.5) is 0 Å². The van der Waals surface area contributed by atoms with Gasteiger partial charge < -0.3 is 15.8 Å². The highest BCUT2D eigenvalue weighted by molar-refractivity contribution is 6.83. The molecule has 0 aliphatic carbocycles. The fourth-order valence-corrected chi connectivity index (χ4v) is 3.68. The highest BCUT2D eigenvalue weighted by Gasteiger charge is 2.62. The molecule has 21 heavy (non-hydrogen) atoms. The van der Waals surface area contributed by atoms with Gasteiger partial charge in [0.15, 0.2) is 5.69 Å². The first-order valence-electron chi connectivity index (χ1n) is 7.21. The van der Waals surface area contributed by atoms with E-state index in [2.05, 4.69) is 36.7 Å². The van der Waals surface area contributed by atoms with Gasteiger partial charge in [0.1, 0.15) is 6.20 Å². The molecule has 1 aromatic heterocycles. The van der Waals surface area contributed by atoms with E-state index >= 15 is 0 Å². The lowest BCUT2D eigenvalue weighted by atomic mass is 9.34.